The van der Waals surface area contributed by atoms with Gasteiger partial charge in [0.05, 0.1) is 12.7 Å². The van der Waals surface area contributed by atoms with Crippen LogP contribution in [0.2, 0.25) is 0 Å². The lowest BCUT2D eigenvalue weighted by Gasteiger charge is -1.95. The van der Waals surface area contributed by atoms with Gasteiger partial charge in [0.2, 0.25) is 0 Å². The molecule has 0 fully saturated rings. The van der Waals surface area contributed by atoms with Crippen molar-refractivity contribution in [2.75, 3.05) is 7.11 Å². The van der Waals surface area contributed by atoms with Gasteiger partial charge in [-0.15, -0.1) is 5.73 Å². The molecule has 0 heterocycles. The van der Waals surface area contributed by atoms with E-state index in [1.54, 1.807) is 18.2 Å². The second-order valence-electron chi connectivity index (χ2n) is 2.24. The van der Waals surface area contributed by atoms with Crippen LogP contribution in [0.1, 0.15) is 0 Å². The first-order chi connectivity index (χ1) is 5.74. The van der Waals surface area contributed by atoms with E-state index in [0.717, 1.165) is 0 Å². The summed E-state index contributed by atoms with van der Waals surface area (Å²) < 4.78 is 4.52. The molecule has 1 rings (SSSR count). The lowest BCUT2D eigenvalue weighted by atomic mass is 10.2. The molecule has 0 atom stereocenters. The van der Waals surface area contributed by atoms with Crippen molar-refractivity contribution < 1.29 is 9.53 Å². The van der Waals surface area contributed by atoms with Crippen molar-refractivity contribution in [3.8, 4) is 0 Å². The number of carbonyl (C=O) groups excluding carboxylic acids is 1. The lowest BCUT2D eigenvalue weighted by Crippen LogP contribution is -2.01. The van der Waals surface area contributed by atoms with E-state index in [0.29, 0.717) is 11.3 Å². The minimum atomic E-state index is -0.387. The maximum atomic E-state index is 11.0. The Labute approximate surface area is 70.5 Å². The molecule has 0 aromatic rings. The Hall–Kier alpha value is -1.73. The number of methoxy groups -OCH3 is 1. The van der Waals surface area contributed by atoms with E-state index in [1.165, 1.54) is 13.2 Å². The van der Waals surface area contributed by atoms with Crippen molar-refractivity contribution in [3.63, 3.8) is 0 Å². The first-order valence-electron chi connectivity index (χ1n) is 3.42. The van der Waals surface area contributed by atoms with Crippen molar-refractivity contribution in [2.45, 2.75) is 0 Å². The van der Waals surface area contributed by atoms with Crippen LogP contribution in [0.5, 0.6) is 0 Å². The number of ether oxygens (including phenoxy) is 1. The molecular weight excluding hydrogens is 154 g/mol. The van der Waals surface area contributed by atoms with Crippen LogP contribution >= 0.6 is 0 Å². The van der Waals surface area contributed by atoms with Crippen molar-refractivity contribution in [2.24, 2.45) is 5.73 Å². The predicted molar refractivity (Wildman–Crippen MR) is 45.0 cm³/mol. The summed E-state index contributed by atoms with van der Waals surface area (Å²) in [6, 6.07) is 0. The minimum absolute atomic E-state index is 0.387. The van der Waals surface area contributed by atoms with E-state index < -0.39 is 0 Å². The molecule has 3 nitrogen and oxygen atoms in total. The largest absolute Gasteiger partial charge is 0.465 e. The number of hydrogen-bond acceptors (Lipinski definition) is 3. The van der Waals surface area contributed by atoms with Gasteiger partial charge in [-0.1, -0.05) is 0 Å². The normalized spacial score (nSPS) is 14.8. The Bertz CT molecular complexity index is 313. The summed E-state index contributed by atoms with van der Waals surface area (Å²) in [5, 5.41) is 0. The molecule has 1 aliphatic carbocycles. The molecule has 0 unspecified atom stereocenters. The van der Waals surface area contributed by atoms with Gasteiger partial charge in [0, 0.05) is 11.8 Å². The average Bonchev–Trinajstić information content (AvgIpc) is 2.29. The van der Waals surface area contributed by atoms with Crippen LogP contribution < -0.4 is 5.73 Å². The summed E-state index contributed by atoms with van der Waals surface area (Å²) >= 11 is 0. The van der Waals surface area contributed by atoms with Crippen molar-refractivity contribution >= 4 is 5.97 Å². The van der Waals surface area contributed by atoms with E-state index in [-0.39, 0.29) is 5.97 Å². The van der Waals surface area contributed by atoms with Gasteiger partial charge in [-0.25, -0.2) is 4.79 Å². The highest BCUT2D eigenvalue weighted by atomic mass is 16.5. The third-order valence-corrected chi connectivity index (χ3v) is 1.37. The minimum Gasteiger partial charge on any atom is -0.465 e. The summed E-state index contributed by atoms with van der Waals surface area (Å²) in [5.74, 6) is -0.387. The molecule has 0 aromatic heterocycles. The maximum absolute atomic E-state index is 11.0. The highest BCUT2D eigenvalue weighted by Crippen LogP contribution is 2.03. The molecule has 0 spiro atoms. The van der Waals surface area contributed by atoms with Gasteiger partial charge in [0.1, 0.15) is 0 Å². The van der Waals surface area contributed by atoms with Crippen LogP contribution in [-0.4, -0.2) is 13.1 Å². The zero-order valence-corrected chi connectivity index (χ0v) is 6.70. The monoisotopic (exact) mass is 163 g/mol. The zero-order chi connectivity index (χ0) is 8.97. The molecule has 2 N–H and O–H groups in total. The average molecular weight is 163 g/mol. The van der Waals surface area contributed by atoms with Gasteiger partial charge in [-0.2, -0.15) is 0 Å². The number of rotatable bonds is 1. The van der Waals surface area contributed by atoms with Crippen LogP contribution in [0.25, 0.3) is 0 Å². The second-order valence-corrected chi connectivity index (χ2v) is 2.24. The van der Waals surface area contributed by atoms with E-state index >= 15 is 0 Å². The SMILES string of the molecule is COC(=O)C1=CC=C(N)C=C=C1. The second kappa shape index (κ2) is 3.60. The van der Waals surface area contributed by atoms with Crippen LogP contribution in [0.4, 0.5) is 0 Å². The molecule has 62 valence electrons. The first-order valence-corrected chi connectivity index (χ1v) is 3.42. The topological polar surface area (TPSA) is 52.3 Å². The Morgan fingerprint density at radius 2 is 2.25 bits per heavy atom. The van der Waals surface area contributed by atoms with Crippen LogP contribution in [0, 0.1) is 0 Å². The van der Waals surface area contributed by atoms with Crippen molar-refractivity contribution in [1.82, 2.24) is 0 Å². The highest BCUT2D eigenvalue weighted by Gasteiger charge is 2.04. The van der Waals surface area contributed by atoms with Gasteiger partial charge >= 0.3 is 5.97 Å². The smallest absolute Gasteiger partial charge is 0.338 e. The van der Waals surface area contributed by atoms with Crippen molar-refractivity contribution in [1.29, 1.82) is 0 Å². The Kier molecular flexibility index (Phi) is 2.51. The Balaban J connectivity index is 2.95. The third kappa shape index (κ3) is 1.87. The van der Waals surface area contributed by atoms with Crippen LogP contribution in [0.3, 0.4) is 0 Å². The molecule has 0 aromatic carbocycles. The molecule has 3 heteroatoms. The molecular formula is C9H9NO2. The Morgan fingerprint density at radius 3 is 2.92 bits per heavy atom. The molecule has 0 radical (unpaired) electrons. The van der Waals surface area contributed by atoms with Crippen LogP contribution in [0.15, 0.2) is 41.3 Å². The highest BCUT2D eigenvalue weighted by molar-refractivity contribution is 5.91. The fourth-order valence-electron chi connectivity index (χ4n) is 0.755. The summed E-state index contributed by atoms with van der Waals surface area (Å²) in [7, 11) is 1.33. The predicted octanol–water partition coefficient (Wildman–Crippen LogP) is 0.653. The first kappa shape index (κ1) is 8.37. The summed E-state index contributed by atoms with van der Waals surface area (Å²) in [6.45, 7) is 0. The van der Waals surface area contributed by atoms with Gasteiger partial charge in [0.15, 0.2) is 0 Å². The summed E-state index contributed by atoms with van der Waals surface area (Å²) in [6.07, 6.45) is 6.34. The van der Waals surface area contributed by atoms with E-state index in [4.69, 9.17) is 5.73 Å². The quantitative estimate of drug-likeness (QED) is 0.456. The molecule has 0 saturated carbocycles. The zero-order valence-electron chi connectivity index (χ0n) is 6.70. The van der Waals surface area contributed by atoms with Crippen molar-refractivity contribution in [3.05, 3.63) is 41.3 Å². The molecule has 0 saturated heterocycles. The number of hydrogen-bond donors (Lipinski definition) is 1. The van der Waals surface area contributed by atoms with E-state index in [2.05, 4.69) is 10.5 Å². The molecule has 0 aliphatic heterocycles. The number of carbonyl (C=O) groups is 1. The lowest BCUT2D eigenvalue weighted by molar-refractivity contribution is -0.135. The maximum Gasteiger partial charge on any atom is 0.338 e. The molecule has 12 heavy (non-hydrogen) atoms. The number of esters is 1. The summed E-state index contributed by atoms with van der Waals surface area (Å²) in [5.41, 5.74) is 9.21. The molecule has 1 aliphatic rings. The Morgan fingerprint density at radius 1 is 1.50 bits per heavy atom. The van der Waals surface area contributed by atoms with Gasteiger partial charge < -0.3 is 10.5 Å². The standard InChI is InChI=1S/C9H9NO2/c1-12-9(11)7-3-2-4-8(10)6-5-7/h3-6H,10H2,1H3. The van der Waals surface area contributed by atoms with Crippen LogP contribution in [-0.2, 0) is 9.53 Å². The molecule has 0 amide bonds. The number of nitrogens with two attached hydrogens (primary N) is 1. The van der Waals surface area contributed by atoms with Gasteiger partial charge in [-0.05, 0) is 18.2 Å². The fraction of sp³-hybridized carbons (Fsp3) is 0.111. The van der Waals surface area contributed by atoms with Gasteiger partial charge in [-0.3, -0.25) is 0 Å². The summed E-state index contributed by atoms with van der Waals surface area (Å²) in [4.78, 5) is 11.0. The number of allylic oxidation sites excluding steroid dienone is 3. The van der Waals surface area contributed by atoms with E-state index in [9.17, 15) is 4.79 Å². The third-order valence-electron chi connectivity index (χ3n) is 1.37. The fourth-order valence-corrected chi connectivity index (χ4v) is 0.755. The molecule has 0 bridgehead atoms. The van der Waals surface area contributed by atoms with Gasteiger partial charge in [0.25, 0.3) is 0 Å². The van der Waals surface area contributed by atoms with E-state index in [1.807, 2.05) is 0 Å².